The average molecular weight is 130 g/mol. The quantitative estimate of drug-likeness (QED) is 0.492. The molecule has 2 heteroatoms. The molecule has 2 atom stereocenters. The number of aliphatic hydroxyl groups excluding tert-OH is 1. The maximum Gasteiger partial charge on any atom is 0.123 e. The lowest BCUT2D eigenvalue weighted by Crippen LogP contribution is -2.21. The van der Waals surface area contributed by atoms with Gasteiger partial charge in [0.1, 0.15) is 6.17 Å². The highest BCUT2D eigenvalue weighted by Crippen LogP contribution is 2.24. The molecule has 0 amide bonds. The van der Waals surface area contributed by atoms with Crippen LogP contribution in [0.15, 0.2) is 12.2 Å². The molecule has 0 aromatic carbocycles. The maximum atomic E-state index is 12.6. The number of rotatable bonds is 0. The molecular formula is C7H11FO. The van der Waals surface area contributed by atoms with Crippen molar-refractivity contribution in [1.29, 1.82) is 0 Å². The zero-order valence-electron chi connectivity index (χ0n) is 5.31. The molecule has 0 radical (unpaired) electrons. The Hall–Kier alpha value is -0.370. The molecule has 0 aliphatic heterocycles. The molecule has 9 heavy (non-hydrogen) atoms. The first-order valence-corrected chi connectivity index (χ1v) is 3.20. The van der Waals surface area contributed by atoms with Gasteiger partial charge < -0.3 is 5.11 Å². The van der Waals surface area contributed by atoms with E-state index in [2.05, 4.69) is 6.58 Å². The first-order valence-electron chi connectivity index (χ1n) is 3.20. The molecule has 1 aliphatic rings. The van der Waals surface area contributed by atoms with Gasteiger partial charge in [0.25, 0.3) is 0 Å². The standard InChI is InChI=1S/C7H11FO/c1-5-2-3-6(9)4-7(5)8/h6-7,9H,1-4H2. The van der Waals surface area contributed by atoms with E-state index >= 15 is 0 Å². The lowest BCUT2D eigenvalue weighted by molar-refractivity contribution is 0.108. The minimum Gasteiger partial charge on any atom is -0.393 e. The van der Waals surface area contributed by atoms with Gasteiger partial charge in [-0.25, -0.2) is 4.39 Å². The summed E-state index contributed by atoms with van der Waals surface area (Å²) in [5.41, 5.74) is 0.639. The third kappa shape index (κ3) is 1.52. The van der Waals surface area contributed by atoms with Crippen molar-refractivity contribution in [1.82, 2.24) is 0 Å². The third-order valence-corrected chi connectivity index (χ3v) is 1.72. The van der Waals surface area contributed by atoms with Crippen molar-refractivity contribution in [2.45, 2.75) is 31.5 Å². The second-order valence-corrected chi connectivity index (χ2v) is 2.55. The number of aliphatic hydroxyl groups is 1. The summed E-state index contributed by atoms with van der Waals surface area (Å²) in [6.45, 7) is 3.54. The second kappa shape index (κ2) is 2.48. The molecule has 2 unspecified atom stereocenters. The van der Waals surface area contributed by atoms with Crippen molar-refractivity contribution in [3.8, 4) is 0 Å². The fourth-order valence-corrected chi connectivity index (χ4v) is 1.03. The fraction of sp³-hybridized carbons (Fsp3) is 0.714. The normalized spacial score (nSPS) is 36.9. The Morgan fingerprint density at radius 1 is 1.67 bits per heavy atom. The molecule has 0 heterocycles. The van der Waals surface area contributed by atoms with Gasteiger partial charge in [0.15, 0.2) is 0 Å². The molecule has 1 aliphatic carbocycles. The van der Waals surface area contributed by atoms with Gasteiger partial charge in [-0.05, 0) is 18.4 Å². The van der Waals surface area contributed by atoms with Gasteiger partial charge in [-0.2, -0.15) is 0 Å². The summed E-state index contributed by atoms with van der Waals surface area (Å²) in [4.78, 5) is 0. The van der Waals surface area contributed by atoms with Crippen LogP contribution in [0.25, 0.3) is 0 Å². The van der Waals surface area contributed by atoms with E-state index in [0.29, 0.717) is 18.4 Å². The summed E-state index contributed by atoms with van der Waals surface area (Å²) < 4.78 is 12.6. The molecule has 52 valence electrons. The van der Waals surface area contributed by atoms with Gasteiger partial charge in [-0.15, -0.1) is 0 Å². The minimum absolute atomic E-state index is 0.249. The molecule has 1 fully saturated rings. The molecule has 0 aromatic heterocycles. The number of halogens is 1. The van der Waals surface area contributed by atoms with E-state index in [9.17, 15) is 4.39 Å². The summed E-state index contributed by atoms with van der Waals surface area (Å²) in [5.74, 6) is 0. The van der Waals surface area contributed by atoms with Crippen LogP contribution in [0.2, 0.25) is 0 Å². The second-order valence-electron chi connectivity index (χ2n) is 2.55. The van der Waals surface area contributed by atoms with Crippen LogP contribution in [0.4, 0.5) is 4.39 Å². The van der Waals surface area contributed by atoms with E-state index in [0.717, 1.165) is 0 Å². The van der Waals surface area contributed by atoms with Crippen LogP contribution in [-0.4, -0.2) is 17.4 Å². The Bertz CT molecular complexity index is 122. The van der Waals surface area contributed by atoms with Crippen molar-refractivity contribution < 1.29 is 9.50 Å². The van der Waals surface area contributed by atoms with Gasteiger partial charge in [0.2, 0.25) is 0 Å². The highest BCUT2D eigenvalue weighted by molar-refractivity contribution is 5.06. The number of hydrogen-bond acceptors (Lipinski definition) is 1. The van der Waals surface area contributed by atoms with Crippen LogP contribution in [0.1, 0.15) is 19.3 Å². The predicted molar refractivity (Wildman–Crippen MR) is 33.9 cm³/mol. The Morgan fingerprint density at radius 2 is 2.33 bits per heavy atom. The lowest BCUT2D eigenvalue weighted by Gasteiger charge is -2.21. The molecule has 1 N–H and O–H groups in total. The molecule has 0 aromatic rings. The molecule has 0 saturated heterocycles. The number of hydrogen-bond donors (Lipinski definition) is 1. The van der Waals surface area contributed by atoms with E-state index in [1.54, 1.807) is 0 Å². The third-order valence-electron chi connectivity index (χ3n) is 1.72. The van der Waals surface area contributed by atoms with E-state index in [4.69, 9.17) is 5.11 Å². The SMILES string of the molecule is C=C1CCC(O)CC1F. The molecule has 1 nitrogen and oxygen atoms in total. The summed E-state index contributed by atoms with van der Waals surface area (Å²) in [6, 6.07) is 0. The summed E-state index contributed by atoms with van der Waals surface area (Å²) in [5, 5.41) is 8.92. The predicted octanol–water partition coefficient (Wildman–Crippen LogP) is 1.43. The zero-order chi connectivity index (χ0) is 6.85. The molecule has 1 saturated carbocycles. The summed E-state index contributed by atoms with van der Waals surface area (Å²) in [7, 11) is 0. The Kier molecular flexibility index (Phi) is 1.86. The Morgan fingerprint density at radius 3 is 2.78 bits per heavy atom. The smallest absolute Gasteiger partial charge is 0.123 e. The lowest BCUT2D eigenvalue weighted by atomic mass is 9.92. The minimum atomic E-state index is -0.964. The summed E-state index contributed by atoms with van der Waals surface area (Å²) in [6.07, 6.45) is 0.166. The van der Waals surface area contributed by atoms with Gasteiger partial charge in [-0.1, -0.05) is 6.58 Å². The van der Waals surface area contributed by atoms with Crippen molar-refractivity contribution in [2.24, 2.45) is 0 Å². The highest BCUT2D eigenvalue weighted by Gasteiger charge is 2.21. The topological polar surface area (TPSA) is 20.2 Å². The van der Waals surface area contributed by atoms with Crippen LogP contribution >= 0.6 is 0 Å². The Balaban J connectivity index is 2.44. The molecular weight excluding hydrogens is 119 g/mol. The largest absolute Gasteiger partial charge is 0.393 e. The summed E-state index contributed by atoms with van der Waals surface area (Å²) >= 11 is 0. The first-order chi connectivity index (χ1) is 4.20. The van der Waals surface area contributed by atoms with Gasteiger partial charge in [0.05, 0.1) is 6.10 Å². The van der Waals surface area contributed by atoms with E-state index in [1.165, 1.54) is 0 Å². The van der Waals surface area contributed by atoms with E-state index < -0.39 is 12.3 Å². The number of allylic oxidation sites excluding steroid dienone is 1. The van der Waals surface area contributed by atoms with Crippen LogP contribution in [0.5, 0.6) is 0 Å². The zero-order valence-corrected chi connectivity index (χ0v) is 5.31. The van der Waals surface area contributed by atoms with Crippen molar-refractivity contribution >= 4 is 0 Å². The maximum absolute atomic E-state index is 12.6. The first kappa shape index (κ1) is 6.75. The van der Waals surface area contributed by atoms with Crippen molar-refractivity contribution in [3.05, 3.63) is 12.2 Å². The Labute approximate surface area is 54.2 Å². The average Bonchev–Trinajstić information content (AvgIpc) is 1.80. The molecule has 1 rings (SSSR count). The van der Waals surface area contributed by atoms with Crippen LogP contribution < -0.4 is 0 Å². The van der Waals surface area contributed by atoms with Crippen LogP contribution in [0, 0.1) is 0 Å². The highest BCUT2D eigenvalue weighted by atomic mass is 19.1. The van der Waals surface area contributed by atoms with Crippen LogP contribution in [0.3, 0.4) is 0 Å². The van der Waals surface area contributed by atoms with Crippen molar-refractivity contribution in [2.75, 3.05) is 0 Å². The van der Waals surface area contributed by atoms with Gasteiger partial charge >= 0.3 is 0 Å². The van der Waals surface area contributed by atoms with E-state index in [-0.39, 0.29) is 6.42 Å². The monoisotopic (exact) mass is 130 g/mol. The van der Waals surface area contributed by atoms with Crippen LogP contribution in [-0.2, 0) is 0 Å². The van der Waals surface area contributed by atoms with E-state index in [1.807, 2.05) is 0 Å². The number of alkyl halides is 1. The van der Waals surface area contributed by atoms with Crippen molar-refractivity contribution in [3.63, 3.8) is 0 Å². The van der Waals surface area contributed by atoms with Gasteiger partial charge in [0, 0.05) is 6.42 Å². The van der Waals surface area contributed by atoms with Gasteiger partial charge in [-0.3, -0.25) is 0 Å². The molecule has 0 spiro atoms. The molecule has 0 bridgehead atoms. The fourth-order valence-electron chi connectivity index (χ4n) is 1.03.